The molecule has 3 aromatic carbocycles. The van der Waals surface area contributed by atoms with Gasteiger partial charge in [-0.3, -0.25) is 4.79 Å². The maximum atomic E-state index is 12.6. The summed E-state index contributed by atoms with van der Waals surface area (Å²) in [5.41, 5.74) is 4.78. The summed E-state index contributed by atoms with van der Waals surface area (Å²) < 4.78 is 5.96. The van der Waals surface area contributed by atoms with Crippen molar-refractivity contribution in [3.05, 3.63) is 95.1 Å². The molecule has 0 heterocycles. The zero-order chi connectivity index (χ0) is 17.6. The Bertz CT molecular complexity index is 872. The lowest BCUT2D eigenvalue weighted by Gasteiger charge is -2.13. The average Bonchev–Trinajstić information content (AvgIpc) is 2.63. The van der Waals surface area contributed by atoms with Crippen molar-refractivity contribution in [3.8, 4) is 5.75 Å². The van der Waals surface area contributed by atoms with E-state index in [0.717, 1.165) is 11.3 Å². The van der Waals surface area contributed by atoms with E-state index in [1.54, 1.807) is 6.07 Å². The van der Waals surface area contributed by atoms with Crippen molar-refractivity contribution in [2.45, 2.75) is 20.5 Å². The van der Waals surface area contributed by atoms with Crippen molar-refractivity contribution in [1.29, 1.82) is 0 Å². The largest absolute Gasteiger partial charge is 0.488 e. The van der Waals surface area contributed by atoms with E-state index in [1.165, 1.54) is 11.1 Å². The first-order valence-electron chi connectivity index (χ1n) is 8.28. The van der Waals surface area contributed by atoms with E-state index >= 15 is 0 Å². The number of nitrogens with one attached hydrogen (secondary N) is 1. The van der Waals surface area contributed by atoms with Crippen LogP contribution in [0.4, 0.5) is 5.69 Å². The van der Waals surface area contributed by atoms with Crippen molar-refractivity contribution in [1.82, 2.24) is 0 Å². The van der Waals surface area contributed by atoms with E-state index < -0.39 is 0 Å². The highest BCUT2D eigenvalue weighted by Crippen LogP contribution is 2.22. The number of carbonyl (C=O) groups is 1. The molecule has 3 aromatic rings. The molecule has 0 aromatic heterocycles. The molecule has 0 radical (unpaired) electrons. The molecule has 0 saturated heterocycles. The Kier molecular flexibility index (Phi) is 5.14. The minimum Gasteiger partial charge on any atom is -0.488 e. The number of benzene rings is 3. The summed E-state index contributed by atoms with van der Waals surface area (Å²) in [6.07, 6.45) is 0. The summed E-state index contributed by atoms with van der Waals surface area (Å²) in [5.74, 6) is 0.402. The number of rotatable bonds is 5. The second-order valence-electron chi connectivity index (χ2n) is 6.03. The van der Waals surface area contributed by atoms with Crippen LogP contribution in [0, 0.1) is 13.8 Å². The molecule has 0 aliphatic rings. The molecule has 3 nitrogen and oxygen atoms in total. The molecule has 0 saturated carbocycles. The summed E-state index contributed by atoms with van der Waals surface area (Å²) in [7, 11) is 0. The Morgan fingerprint density at radius 1 is 0.920 bits per heavy atom. The van der Waals surface area contributed by atoms with Crippen LogP contribution in [0.25, 0.3) is 0 Å². The lowest BCUT2D eigenvalue weighted by atomic mass is 10.1. The molecule has 0 unspecified atom stereocenters. The van der Waals surface area contributed by atoms with E-state index in [4.69, 9.17) is 4.74 Å². The summed E-state index contributed by atoms with van der Waals surface area (Å²) in [4.78, 5) is 12.6. The quantitative estimate of drug-likeness (QED) is 0.703. The number of hydrogen-bond acceptors (Lipinski definition) is 2. The van der Waals surface area contributed by atoms with Crippen LogP contribution in [0.1, 0.15) is 27.0 Å². The van der Waals surface area contributed by atoms with Gasteiger partial charge < -0.3 is 10.1 Å². The molecular weight excluding hydrogens is 310 g/mol. The van der Waals surface area contributed by atoms with Crippen LogP contribution in [0.2, 0.25) is 0 Å². The van der Waals surface area contributed by atoms with Crippen LogP contribution in [0.3, 0.4) is 0 Å². The van der Waals surface area contributed by atoms with Crippen molar-refractivity contribution in [2.24, 2.45) is 0 Å². The van der Waals surface area contributed by atoms with Crippen LogP contribution in [-0.4, -0.2) is 5.91 Å². The highest BCUT2D eigenvalue weighted by atomic mass is 16.5. The third kappa shape index (κ3) is 4.27. The molecule has 0 bridgehead atoms. The zero-order valence-electron chi connectivity index (χ0n) is 14.5. The van der Waals surface area contributed by atoms with Gasteiger partial charge in [0.2, 0.25) is 0 Å². The lowest BCUT2D eigenvalue weighted by molar-refractivity contribution is 0.102. The minimum atomic E-state index is -0.178. The van der Waals surface area contributed by atoms with Gasteiger partial charge in [-0.2, -0.15) is 0 Å². The third-order valence-corrected chi connectivity index (χ3v) is 4.05. The number of carbonyl (C=O) groups excluding carboxylic acids is 1. The second-order valence-corrected chi connectivity index (χ2v) is 6.03. The zero-order valence-corrected chi connectivity index (χ0v) is 14.5. The topological polar surface area (TPSA) is 38.3 Å². The molecule has 3 heteroatoms. The smallest absolute Gasteiger partial charge is 0.259 e. The maximum Gasteiger partial charge on any atom is 0.259 e. The molecule has 25 heavy (non-hydrogen) atoms. The summed E-state index contributed by atoms with van der Waals surface area (Å²) in [6.45, 7) is 4.56. The van der Waals surface area contributed by atoms with Gasteiger partial charge in [0.15, 0.2) is 0 Å². The summed E-state index contributed by atoms with van der Waals surface area (Å²) in [6, 6.07) is 23.0. The standard InChI is InChI=1S/C22H21NO2/c1-16-12-13-17(2)18(14-16)15-25-21-11-7-6-10-20(21)22(24)23-19-8-4-3-5-9-19/h3-14H,15H2,1-2H3,(H,23,24). The van der Waals surface area contributed by atoms with Crippen LogP contribution in [0.5, 0.6) is 5.75 Å². The number of hydrogen-bond donors (Lipinski definition) is 1. The monoisotopic (exact) mass is 331 g/mol. The van der Waals surface area contributed by atoms with Gasteiger partial charge in [0.05, 0.1) is 5.56 Å². The Labute approximate surface area is 148 Å². The van der Waals surface area contributed by atoms with Gasteiger partial charge in [-0.1, -0.05) is 54.1 Å². The van der Waals surface area contributed by atoms with Crippen LogP contribution in [0.15, 0.2) is 72.8 Å². The Morgan fingerprint density at radius 3 is 2.44 bits per heavy atom. The molecule has 0 aliphatic heterocycles. The van der Waals surface area contributed by atoms with E-state index in [0.29, 0.717) is 17.9 Å². The predicted octanol–water partition coefficient (Wildman–Crippen LogP) is 5.13. The highest BCUT2D eigenvalue weighted by Gasteiger charge is 2.12. The Morgan fingerprint density at radius 2 is 1.64 bits per heavy atom. The molecule has 126 valence electrons. The van der Waals surface area contributed by atoms with E-state index in [2.05, 4.69) is 37.4 Å². The van der Waals surface area contributed by atoms with E-state index in [-0.39, 0.29) is 5.91 Å². The lowest BCUT2D eigenvalue weighted by Crippen LogP contribution is -2.13. The highest BCUT2D eigenvalue weighted by molar-refractivity contribution is 6.06. The van der Waals surface area contributed by atoms with Gasteiger partial charge in [0, 0.05) is 5.69 Å². The maximum absolute atomic E-state index is 12.6. The molecular formula is C22H21NO2. The Balaban J connectivity index is 1.76. The molecule has 0 aliphatic carbocycles. The van der Waals surface area contributed by atoms with Crippen LogP contribution in [-0.2, 0) is 6.61 Å². The van der Waals surface area contributed by atoms with Crippen molar-refractivity contribution in [2.75, 3.05) is 5.32 Å². The van der Waals surface area contributed by atoms with Gasteiger partial charge >= 0.3 is 0 Å². The number of ether oxygens (including phenoxy) is 1. The van der Waals surface area contributed by atoms with Crippen molar-refractivity contribution >= 4 is 11.6 Å². The van der Waals surface area contributed by atoms with E-state index in [9.17, 15) is 4.79 Å². The third-order valence-electron chi connectivity index (χ3n) is 4.05. The fourth-order valence-corrected chi connectivity index (χ4v) is 2.61. The molecule has 1 amide bonds. The van der Waals surface area contributed by atoms with Gasteiger partial charge in [0.1, 0.15) is 12.4 Å². The predicted molar refractivity (Wildman–Crippen MR) is 101 cm³/mol. The van der Waals surface area contributed by atoms with Gasteiger partial charge in [0.25, 0.3) is 5.91 Å². The van der Waals surface area contributed by atoms with Crippen molar-refractivity contribution in [3.63, 3.8) is 0 Å². The molecule has 0 atom stereocenters. The minimum absolute atomic E-state index is 0.178. The van der Waals surface area contributed by atoms with Gasteiger partial charge in [-0.25, -0.2) is 0 Å². The first kappa shape index (κ1) is 16.8. The number of anilines is 1. The van der Waals surface area contributed by atoms with Crippen LogP contribution < -0.4 is 10.1 Å². The molecule has 1 N–H and O–H groups in total. The molecule has 0 fully saturated rings. The van der Waals surface area contributed by atoms with Crippen LogP contribution >= 0.6 is 0 Å². The normalized spacial score (nSPS) is 10.3. The van der Waals surface area contributed by atoms with Gasteiger partial charge in [-0.15, -0.1) is 0 Å². The second kappa shape index (κ2) is 7.67. The fraction of sp³-hybridized carbons (Fsp3) is 0.136. The number of aryl methyl sites for hydroxylation is 2. The van der Waals surface area contributed by atoms with E-state index in [1.807, 2.05) is 48.5 Å². The number of para-hydroxylation sites is 2. The molecule has 3 rings (SSSR count). The number of amides is 1. The fourth-order valence-electron chi connectivity index (χ4n) is 2.61. The first-order valence-corrected chi connectivity index (χ1v) is 8.28. The first-order chi connectivity index (χ1) is 12.1. The van der Waals surface area contributed by atoms with Gasteiger partial charge in [-0.05, 0) is 49.2 Å². The summed E-state index contributed by atoms with van der Waals surface area (Å²) >= 11 is 0. The molecule has 0 spiro atoms. The Hall–Kier alpha value is -3.07. The van der Waals surface area contributed by atoms with Crippen molar-refractivity contribution < 1.29 is 9.53 Å². The average molecular weight is 331 g/mol. The summed E-state index contributed by atoms with van der Waals surface area (Å²) in [5, 5.41) is 2.90. The SMILES string of the molecule is Cc1ccc(C)c(COc2ccccc2C(=O)Nc2ccccc2)c1.